The predicted octanol–water partition coefficient (Wildman–Crippen LogP) is 7.51. The highest BCUT2D eigenvalue weighted by molar-refractivity contribution is 6.42. The Bertz CT molecular complexity index is 1180. The van der Waals surface area contributed by atoms with Gasteiger partial charge in [-0.3, -0.25) is 4.79 Å². The Kier molecular flexibility index (Phi) is 7.08. The zero-order chi connectivity index (χ0) is 23.7. The third kappa shape index (κ3) is 4.79. The maximum atomic E-state index is 13.5. The van der Waals surface area contributed by atoms with Crippen LogP contribution in [0.5, 0.6) is 11.5 Å². The molecule has 2 atom stereocenters. The third-order valence-electron chi connectivity index (χ3n) is 5.86. The smallest absolute Gasteiger partial charge is 0.232 e. The van der Waals surface area contributed by atoms with Crippen molar-refractivity contribution in [3.05, 3.63) is 86.4 Å². The number of methoxy groups -OCH3 is 1. The summed E-state index contributed by atoms with van der Waals surface area (Å²) in [6.45, 7) is 4.08. The van der Waals surface area contributed by atoms with Crippen molar-refractivity contribution in [2.24, 2.45) is 0 Å². The fourth-order valence-corrected chi connectivity index (χ4v) is 4.43. The van der Waals surface area contributed by atoms with E-state index in [2.05, 4.69) is 6.92 Å². The minimum atomic E-state index is -0.402. The van der Waals surface area contributed by atoms with Crippen LogP contribution in [-0.4, -0.2) is 19.1 Å². The highest BCUT2D eigenvalue weighted by Crippen LogP contribution is 2.44. The summed E-state index contributed by atoms with van der Waals surface area (Å²) in [4.78, 5) is 15.2. The van der Waals surface area contributed by atoms with Gasteiger partial charge in [0.2, 0.25) is 5.91 Å². The van der Waals surface area contributed by atoms with Crippen LogP contribution in [0.1, 0.15) is 43.0 Å². The molecule has 0 fully saturated rings. The molecule has 0 aliphatic carbocycles. The average molecular weight is 505 g/mol. The molecule has 0 N–H and O–H groups in total. The first kappa shape index (κ1) is 23.7. The molecular weight excluding hydrogens is 481 g/mol. The zero-order valence-electron chi connectivity index (χ0n) is 18.6. The molecule has 4 nitrogen and oxygen atoms in total. The topological polar surface area (TPSA) is 38.8 Å². The normalized spacial score (nSPS) is 16.4. The fraction of sp³-hybridized carbons (Fsp3) is 0.269. The maximum Gasteiger partial charge on any atom is 0.232 e. The quantitative estimate of drug-likeness (QED) is 0.348. The number of ether oxygens (including phenoxy) is 2. The number of benzene rings is 3. The molecule has 1 aliphatic heterocycles. The second kappa shape index (κ2) is 9.84. The number of carbonyl (C=O) groups excluding carboxylic acids is 1. The first-order valence-electron chi connectivity index (χ1n) is 10.7. The van der Waals surface area contributed by atoms with Crippen LogP contribution in [0.4, 0.5) is 5.69 Å². The van der Waals surface area contributed by atoms with Crippen LogP contribution in [-0.2, 0) is 11.2 Å². The lowest BCUT2D eigenvalue weighted by Crippen LogP contribution is -2.41. The Morgan fingerprint density at radius 3 is 2.36 bits per heavy atom. The van der Waals surface area contributed by atoms with Crippen LogP contribution in [0.3, 0.4) is 0 Å². The van der Waals surface area contributed by atoms with Crippen LogP contribution in [0, 0.1) is 0 Å². The van der Waals surface area contributed by atoms with Gasteiger partial charge in [0.1, 0.15) is 0 Å². The van der Waals surface area contributed by atoms with Crippen molar-refractivity contribution in [1.29, 1.82) is 0 Å². The number of fused-ring (bicyclic) bond motifs is 1. The molecular formula is C26H24Cl3NO3. The Hall–Kier alpha value is -2.40. The SMILES string of the molecule is CC[C@@H](C)Oc1cc2c(cc1OC)CC(=O)N(c1ccc(Cl)c(Cl)c1)C2c1ccc(Cl)cc1. The van der Waals surface area contributed by atoms with E-state index in [1.807, 2.05) is 43.3 Å². The number of hydrogen-bond acceptors (Lipinski definition) is 3. The van der Waals surface area contributed by atoms with Crippen LogP contribution in [0.25, 0.3) is 0 Å². The fourth-order valence-electron chi connectivity index (χ4n) is 4.01. The molecule has 1 aliphatic rings. The van der Waals surface area contributed by atoms with Crippen LogP contribution < -0.4 is 14.4 Å². The first-order chi connectivity index (χ1) is 15.8. The molecule has 3 aromatic carbocycles. The van der Waals surface area contributed by atoms with E-state index in [4.69, 9.17) is 44.3 Å². The highest BCUT2D eigenvalue weighted by atomic mass is 35.5. The van der Waals surface area contributed by atoms with E-state index in [-0.39, 0.29) is 18.4 Å². The molecule has 0 bridgehead atoms. The van der Waals surface area contributed by atoms with Crippen molar-refractivity contribution in [3.63, 3.8) is 0 Å². The molecule has 0 saturated carbocycles. The molecule has 4 rings (SSSR count). The van der Waals surface area contributed by atoms with E-state index in [0.717, 1.165) is 23.1 Å². The second-order valence-corrected chi connectivity index (χ2v) is 9.28. The first-order valence-corrected chi connectivity index (χ1v) is 11.9. The molecule has 1 amide bonds. The standard InChI is InChI=1S/C26H24Cl3NO3/c1-4-15(2)33-24-14-20-17(11-23(24)32-3)12-25(31)30(19-9-10-21(28)22(29)13-19)26(20)16-5-7-18(27)8-6-16/h5-11,13-15,26H,4,12H2,1-3H3/t15-,26?/m1/s1. The molecule has 0 saturated heterocycles. The number of halogens is 3. The van der Waals surface area contributed by atoms with E-state index < -0.39 is 6.04 Å². The zero-order valence-corrected chi connectivity index (χ0v) is 20.8. The molecule has 1 unspecified atom stereocenters. The van der Waals surface area contributed by atoms with Crippen LogP contribution >= 0.6 is 34.8 Å². The van der Waals surface area contributed by atoms with Crippen molar-refractivity contribution >= 4 is 46.4 Å². The van der Waals surface area contributed by atoms with Gasteiger partial charge in [-0.15, -0.1) is 0 Å². The molecule has 172 valence electrons. The molecule has 0 spiro atoms. The molecule has 7 heteroatoms. The lowest BCUT2D eigenvalue weighted by Gasteiger charge is -2.38. The van der Waals surface area contributed by atoms with Crippen molar-refractivity contribution in [1.82, 2.24) is 0 Å². The number of hydrogen-bond donors (Lipinski definition) is 0. The van der Waals surface area contributed by atoms with E-state index in [1.54, 1.807) is 30.2 Å². The summed E-state index contributed by atoms with van der Waals surface area (Å²) in [6, 6.07) is 16.2. The minimum absolute atomic E-state index is 0.0160. The van der Waals surface area contributed by atoms with Gasteiger partial charge in [0.15, 0.2) is 11.5 Å². The summed E-state index contributed by atoms with van der Waals surface area (Å²) in [5, 5.41) is 1.44. The van der Waals surface area contributed by atoms with Gasteiger partial charge in [0, 0.05) is 10.7 Å². The minimum Gasteiger partial charge on any atom is -0.493 e. The summed E-state index contributed by atoms with van der Waals surface area (Å²) in [6.07, 6.45) is 1.09. The summed E-state index contributed by atoms with van der Waals surface area (Å²) in [7, 11) is 1.61. The Morgan fingerprint density at radius 2 is 1.73 bits per heavy atom. The van der Waals surface area contributed by atoms with Crippen LogP contribution in [0.2, 0.25) is 15.1 Å². The van der Waals surface area contributed by atoms with Gasteiger partial charge in [0.25, 0.3) is 0 Å². The van der Waals surface area contributed by atoms with Gasteiger partial charge < -0.3 is 14.4 Å². The number of amides is 1. The Morgan fingerprint density at radius 1 is 1.00 bits per heavy atom. The van der Waals surface area contributed by atoms with E-state index >= 15 is 0 Å². The van der Waals surface area contributed by atoms with Crippen molar-refractivity contribution in [3.8, 4) is 11.5 Å². The number of anilines is 1. The lowest BCUT2D eigenvalue weighted by atomic mass is 9.87. The molecule has 33 heavy (non-hydrogen) atoms. The van der Waals surface area contributed by atoms with E-state index in [0.29, 0.717) is 32.3 Å². The van der Waals surface area contributed by atoms with E-state index in [1.165, 1.54) is 0 Å². The van der Waals surface area contributed by atoms with Gasteiger partial charge in [-0.1, -0.05) is 53.9 Å². The van der Waals surface area contributed by atoms with Gasteiger partial charge in [-0.05, 0) is 72.5 Å². The van der Waals surface area contributed by atoms with Crippen molar-refractivity contribution in [2.75, 3.05) is 12.0 Å². The predicted molar refractivity (Wildman–Crippen MR) is 134 cm³/mol. The number of carbonyl (C=O) groups is 1. The highest BCUT2D eigenvalue weighted by Gasteiger charge is 2.36. The van der Waals surface area contributed by atoms with Crippen LogP contribution in [0.15, 0.2) is 54.6 Å². The summed E-state index contributed by atoms with van der Waals surface area (Å²) >= 11 is 18.6. The van der Waals surface area contributed by atoms with E-state index in [9.17, 15) is 4.79 Å². The average Bonchev–Trinajstić information content (AvgIpc) is 2.80. The van der Waals surface area contributed by atoms with Gasteiger partial charge in [0.05, 0.1) is 35.7 Å². The van der Waals surface area contributed by atoms with Crippen molar-refractivity contribution < 1.29 is 14.3 Å². The van der Waals surface area contributed by atoms with Crippen molar-refractivity contribution in [2.45, 2.75) is 38.8 Å². The van der Waals surface area contributed by atoms with Gasteiger partial charge in [-0.25, -0.2) is 0 Å². The summed E-state index contributed by atoms with van der Waals surface area (Å²) in [5.74, 6) is 1.20. The molecule has 3 aromatic rings. The summed E-state index contributed by atoms with van der Waals surface area (Å²) in [5.41, 5.74) is 3.44. The third-order valence-corrected chi connectivity index (χ3v) is 6.85. The lowest BCUT2D eigenvalue weighted by molar-refractivity contribution is -0.118. The molecule has 0 aromatic heterocycles. The van der Waals surface area contributed by atoms with Gasteiger partial charge in [-0.2, -0.15) is 0 Å². The Labute approximate surface area is 209 Å². The second-order valence-electron chi connectivity index (χ2n) is 8.03. The largest absolute Gasteiger partial charge is 0.493 e. The molecule has 0 radical (unpaired) electrons. The number of nitrogens with zero attached hydrogens (tertiary/aromatic N) is 1. The maximum absolute atomic E-state index is 13.5. The Balaban J connectivity index is 1.92. The van der Waals surface area contributed by atoms with Gasteiger partial charge >= 0.3 is 0 Å². The summed E-state index contributed by atoms with van der Waals surface area (Å²) < 4.78 is 11.8. The molecule has 1 heterocycles. The monoisotopic (exact) mass is 503 g/mol. The number of rotatable bonds is 6.